The van der Waals surface area contributed by atoms with Crippen LogP contribution in [0.5, 0.6) is 5.75 Å². The van der Waals surface area contributed by atoms with E-state index in [0.717, 1.165) is 50.2 Å². The van der Waals surface area contributed by atoms with Crippen molar-refractivity contribution in [2.24, 2.45) is 7.05 Å². The summed E-state index contributed by atoms with van der Waals surface area (Å²) >= 11 is 0. The van der Waals surface area contributed by atoms with E-state index >= 15 is 0 Å². The van der Waals surface area contributed by atoms with E-state index in [4.69, 9.17) is 4.74 Å². The van der Waals surface area contributed by atoms with Crippen LogP contribution in [0.25, 0.3) is 11.0 Å². The van der Waals surface area contributed by atoms with Crippen LogP contribution in [0, 0.1) is 25.2 Å². The molecule has 200 valence electrons. The second-order valence-corrected chi connectivity index (χ2v) is 11.1. The predicted octanol–water partition coefficient (Wildman–Crippen LogP) is 5.24. The van der Waals surface area contributed by atoms with E-state index in [0.29, 0.717) is 25.2 Å². The van der Waals surface area contributed by atoms with Gasteiger partial charge in [0, 0.05) is 38.2 Å². The Morgan fingerprint density at radius 3 is 2.72 bits per heavy atom. The minimum absolute atomic E-state index is 0.0238. The highest BCUT2D eigenvalue weighted by Gasteiger charge is 2.30. The van der Waals surface area contributed by atoms with Gasteiger partial charge in [-0.1, -0.05) is 29.5 Å². The molecule has 0 saturated carbocycles. The van der Waals surface area contributed by atoms with Crippen molar-refractivity contribution in [1.29, 1.82) is 5.26 Å². The SMILES string of the molecule is Cc1ccc([C@H](CC(=O)O)c2ccc3c(nnn3C)c2C)cc1CN1Cc2cc(C#N)ccc2OC(C)(C)C1. The average molecular weight is 524 g/mol. The van der Waals surface area contributed by atoms with Crippen LogP contribution in [-0.4, -0.2) is 43.1 Å². The van der Waals surface area contributed by atoms with Crippen LogP contribution >= 0.6 is 0 Å². The molecule has 0 bridgehead atoms. The molecule has 3 aromatic carbocycles. The molecule has 0 radical (unpaired) electrons. The summed E-state index contributed by atoms with van der Waals surface area (Å²) < 4.78 is 8.06. The van der Waals surface area contributed by atoms with Gasteiger partial charge in [-0.05, 0) is 79.8 Å². The molecule has 0 amide bonds. The number of aromatic nitrogens is 3. The first-order valence-electron chi connectivity index (χ1n) is 13.1. The van der Waals surface area contributed by atoms with E-state index in [2.05, 4.69) is 54.2 Å². The van der Waals surface area contributed by atoms with Crippen LogP contribution in [0.4, 0.5) is 0 Å². The van der Waals surface area contributed by atoms with Gasteiger partial charge in [0.1, 0.15) is 16.9 Å². The van der Waals surface area contributed by atoms with E-state index < -0.39 is 11.6 Å². The Morgan fingerprint density at radius 2 is 1.97 bits per heavy atom. The van der Waals surface area contributed by atoms with Gasteiger partial charge in [-0.25, -0.2) is 4.68 Å². The van der Waals surface area contributed by atoms with Gasteiger partial charge in [0.15, 0.2) is 0 Å². The Balaban J connectivity index is 1.51. The lowest BCUT2D eigenvalue weighted by Gasteiger charge is -2.30. The molecule has 0 aliphatic carbocycles. The number of nitrogens with zero attached hydrogens (tertiary/aromatic N) is 5. The minimum Gasteiger partial charge on any atom is -0.486 e. The number of aryl methyl sites for hydroxylation is 3. The zero-order valence-electron chi connectivity index (χ0n) is 23.0. The second kappa shape index (κ2) is 10.2. The number of hydrogen-bond donors (Lipinski definition) is 1. The number of hydrogen-bond acceptors (Lipinski definition) is 6. The van der Waals surface area contributed by atoms with Gasteiger partial charge < -0.3 is 9.84 Å². The number of benzene rings is 3. The lowest BCUT2D eigenvalue weighted by atomic mass is 9.84. The first-order chi connectivity index (χ1) is 18.5. The van der Waals surface area contributed by atoms with Crippen molar-refractivity contribution in [3.63, 3.8) is 0 Å². The lowest BCUT2D eigenvalue weighted by Crippen LogP contribution is -2.40. The quantitative estimate of drug-likeness (QED) is 0.369. The van der Waals surface area contributed by atoms with E-state index in [-0.39, 0.29) is 12.3 Å². The summed E-state index contributed by atoms with van der Waals surface area (Å²) in [4.78, 5) is 14.3. The largest absolute Gasteiger partial charge is 0.486 e. The highest BCUT2D eigenvalue weighted by atomic mass is 16.5. The average Bonchev–Trinajstić information content (AvgIpc) is 3.20. The van der Waals surface area contributed by atoms with E-state index in [1.54, 1.807) is 10.7 Å². The Kier molecular flexibility index (Phi) is 6.87. The molecule has 8 heteroatoms. The molecule has 39 heavy (non-hydrogen) atoms. The monoisotopic (exact) mass is 523 g/mol. The summed E-state index contributed by atoms with van der Waals surface area (Å²) in [6.45, 7) is 10.2. The molecule has 1 atom stereocenters. The standard InChI is InChI=1S/C31H33N5O3/c1-19-6-8-22(26(14-29(37)38)25-9-10-27-30(20(25)2)33-34-35(27)5)13-23(19)16-36-17-24-12-21(15-32)7-11-28(24)39-31(3,4)18-36/h6-13,26H,14,16-18H2,1-5H3,(H,37,38)/t26-/m0/s1. The Bertz CT molecular complexity index is 1610. The van der Waals surface area contributed by atoms with Crippen LogP contribution in [-0.2, 0) is 24.9 Å². The van der Waals surface area contributed by atoms with Gasteiger partial charge in [-0.15, -0.1) is 5.10 Å². The first-order valence-corrected chi connectivity index (χ1v) is 13.1. The maximum Gasteiger partial charge on any atom is 0.304 e. The number of rotatable bonds is 6. The number of fused-ring (bicyclic) bond motifs is 2. The maximum atomic E-state index is 12.0. The van der Waals surface area contributed by atoms with Gasteiger partial charge >= 0.3 is 5.97 Å². The van der Waals surface area contributed by atoms with Crippen molar-refractivity contribution < 1.29 is 14.6 Å². The smallest absolute Gasteiger partial charge is 0.304 e. The maximum absolute atomic E-state index is 12.0. The molecule has 0 spiro atoms. The minimum atomic E-state index is -0.850. The summed E-state index contributed by atoms with van der Waals surface area (Å²) in [6, 6.07) is 18.1. The molecule has 8 nitrogen and oxygen atoms in total. The van der Waals surface area contributed by atoms with Gasteiger partial charge in [-0.2, -0.15) is 5.26 Å². The third-order valence-electron chi connectivity index (χ3n) is 7.58. The highest BCUT2D eigenvalue weighted by molar-refractivity contribution is 5.80. The molecule has 0 saturated heterocycles. The number of carboxylic acid groups (broad SMARTS) is 1. The van der Waals surface area contributed by atoms with Gasteiger partial charge in [0.2, 0.25) is 0 Å². The molecule has 0 unspecified atom stereocenters. The molecular formula is C31H33N5O3. The zero-order chi connectivity index (χ0) is 27.9. The zero-order valence-corrected chi connectivity index (χ0v) is 23.0. The third kappa shape index (κ3) is 5.36. The predicted molar refractivity (Wildman–Crippen MR) is 148 cm³/mol. The van der Waals surface area contributed by atoms with Crippen molar-refractivity contribution in [3.05, 3.63) is 87.5 Å². The molecule has 1 N–H and O–H groups in total. The molecule has 1 aliphatic rings. The van der Waals surface area contributed by atoms with E-state index in [1.807, 2.05) is 44.3 Å². The fourth-order valence-corrected chi connectivity index (χ4v) is 5.68. The molecule has 5 rings (SSSR count). The number of carbonyl (C=O) groups is 1. The van der Waals surface area contributed by atoms with Crippen molar-refractivity contribution in [2.75, 3.05) is 6.54 Å². The van der Waals surface area contributed by atoms with Crippen LogP contribution < -0.4 is 4.74 Å². The van der Waals surface area contributed by atoms with Crippen molar-refractivity contribution in [3.8, 4) is 11.8 Å². The van der Waals surface area contributed by atoms with Crippen molar-refractivity contribution >= 4 is 17.0 Å². The number of nitriles is 1. The number of aliphatic carboxylic acids is 1. The summed E-state index contributed by atoms with van der Waals surface area (Å²) in [6.07, 6.45) is -0.0238. The number of ether oxygens (including phenoxy) is 1. The fourth-order valence-electron chi connectivity index (χ4n) is 5.68. The molecule has 0 fully saturated rings. The van der Waals surface area contributed by atoms with E-state index in [1.165, 1.54) is 0 Å². The van der Waals surface area contributed by atoms with Crippen molar-refractivity contribution in [1.82, 2.24) is 19.9 Å². The molecule has 2 heterocycles. The Morgan fingerprint density at radius 1 is 1.18 bits per heavy atom. The van der Waals surface area contributed by atoms with Gasteiger partial charge in [0.05, 0.1) is 23.6 Å². The first kappa shape index (κ1) is 26.4. The topological polar surface area (TPSA) is 104 Å². The van der Waals surface area contributed by atoms with Crippen LogP contribution in [0.2, 0.25) is 0 Å². The third-order valence-corrected chi connectivity index (χ3v) is 7.58. The van der Waals surface area contributed by atoms with Gasteiger partial charge in [-0.3, -0.25) is 9.69 Å². The molecule has 1 aromatic heterocycles. The Labute approximate surface area is 228 Å². The van der Waals surface area contributed by atoms with Crippen LogP contribution in [0.1, 0.15) is 65.1 Å². The fraction of sp³-hybridized carbons (Fsp3) is 0.355. The summed E-state index contributed by atoms with van der Waals surface area (Å²) in [5.74, 6) is -0.364. The molecule has 1 aliphatic heterocycles. The molecule has 4 aromatic rings. The van der Waals surface area contributed by atoms with Crippen molar-refractivity contribution in [2.45, 2.75) is 58.7 Å². The normalized spacial score (nSPS) is 15.7. The number of carboxylic acids is 1. The summed E-state index contributed by atoms with van der Waals surface area (Å²) in [5.41, 5.74) is 8.03. The van der Waals surface area contributed by atoms with Gasteiger partial charge in [0.25, 0.3) is 0 Å². The molecular weight excluding hydrogens is 490 g/mol. The second-order valence-electron chi connectivity index (χ2n) is 11.1. The lowest BCUT2D eigenvalue weighted by molar-refractivity contribution is -0.137. The Hall–Kier alpha value is -4.22. The summed E-state index contributed by atoms with van der Waals surface area (Å²) in [7, 11) is 1.85. The highest BCUT2D eigenvalue weighted by Crippen LogP contribution is 2.35. The summed E-state index contributed by atoms with van der Waals surface area (Å²) in [5, 5.41) is 27.7. The van der Waals surface area contributed by atoms with Crippen LogP contribution in [0.15, 0.2) is 48.5 Å². The van der Waals surface area contributed by atoms with Crippen LogP contribution in [0.3, 0.4) is 0 Å². The van der Waals surface area contributed by atoms with E-state index in [9.17, 15) is 15.2 Å².